The number of esters is 1. The molecule has 1 aliphatic carbocycles. The summed E-state index contributed by atoms with van der Waals surface area (Å²) in [5, 5.41) is 0. The zero-order valence-corrected chi connectivity index (χ0v) is 16.4. The molecule has 0 spiro atoms. The molecule has 0 aromatic heterocycles. The minimum atomic E-state index is -0.152. The summed E-state index contributed by atoms with van der Waals surface area (Å²) in [6.07, 6.45) is 4.26. The fourth-order valence-corrected chi connectivity index (χ4v) is 4.38. The highest BCUT2D eigenvalue weighted by atomic mass is 16.5. The third kappa shape index (κ3) is 3.23. The molecule has 1 atom stereocenters. The molecule has 1 aliphatic heterocycles. The van der Waals surface area contributed by atoms with Crippen LogP contribution in [-0.2, 0) is 17.6 Å². The first-order valence-corrected chi connectivity index (χ1v) is 9.86. The van der Waals surface area contributed by atoms with Crippen LogP contribution in [0.3, 0.4) is 0 Å². The van der Waals surface area contributed by atoms with Crippen LogP contribution < -0.4 is 9.47 Å². The summed E-state index contributed by atoms with van der Waals surface area (Å²) in [6, 6.07) is 10.7. The maximum absolute atomic E-state index is 12.3. The number of hydrogen-bond acceptors (Lipinski definition) is 4. The van der Waals surface area contributed by atoms with Gasteiger partial charge in [0.2, 0.25) is 0 Å². The predicted octanol–water partition coefficient (Wildman–Crippen LogP) is 4.54. The van der Waals surface area contributed by atoms with Crippen molar-refractivity contribution in [2.75, 3.05) is 20.7 Å². The number of carbonyl (C=O) groups excluding carboxylic acids is 1. The molecule has 0 unspecified atom stereocenters. The van der Waals surface area contributed by atoms with Crippen LogP contribution in [0, 0.1) is 0 Å². The van der Waals surface area contributed by atoms with Crippen molar-refractivity contribution < 1.29 is 14.3 Å². The van der Waals surface area contributed by atoms with Crippen LogP contribution in [-0.4, -0.2) is 31.6 Å². The number of benzene rings is 2. The highest BCUT2D eigenvalue weighted by Crippen LogP contribution is 2.49. The van der Waals surface area contributed by atoms with E-state index in [1.807, 2.05) is 12.1 Å². The van der Waals surface area contributed by atoms with Crippen molar-refractivity contribution in [3.05, 3.63) is 47.0 Å². The Morgan fingerprint density at radius 2 is 2.11 bits per heavy atom. The molecule has 4 nitrogen and oxygen atoms in total. The van der Waals surface area contributed by atoms with E-state index in [-0.39, 0.29) is 5.97 Å². The average molecular weight is 365 g/mol. The summed E-state index contributed by atoms with van der Waals surface area (Å²) in [6.45, 7) is 3.13. The van der Waals surface area contributed by atoms with Gasteiger partial charge in [0.15, 0.2) is 0 Å². The van der Waals surface area contributed by atoms with E-state index in [0.29, 0.717) is 18.2 Å². The molecule has 27 heavy (non-hydrogen) atoms. The van der Waals surface area contributed by atoms with E-state index in [9.17, 15) is 4.79 Å². The summed E-state index contributed by atoms with van der Waals surface area (Å²) in [7, 11) is 3.91. The van der Waals surface area contributed by atoms with Gasteiger partial charge in [-0.25, -0.2) is 0 Å². The largest absolute Gasteiger partial charge is 0.497 e. The second kappa shape index (κ2) is 7.35. The quantitative estimate of drug-likeness (QED) is 0.576. The van der Waals surface area contributed by atoms with Gasteiger partial charge in [0, 0.05) is 24.6 Å². The molecule has 4 rings (SSSR count). The van der Waals surface area contributed by atoms with Gasteiger partial charge in [-0.2, -0.15) is 0 Å². The predicted molar refractivity (Wildman–Crippen MR) is 106 cm³/mol. The Morgan fingerprint density at radius 1 is 1.26 bits per heavy atom. The average Bonchev–Trinajstić information content (AvgIpc) is 2.68. The van der Waals surface area contributed by atoms with Crippen LogP contribution in [0.1, 0.15) is 48.9 Å². The number of ether oxygens (including phenoxy) is 2. The summed E-state index contributed by atoms with van der Waals surface area (Å²) in [4.78, 5) is 14.7. The van der Waals surface area contributed by atoms with E-state index in [4.69, 9.17) is 9.47 Å². The maximum Gasteiger partial charge on any atom is 0.311 e. The van der Waals surface area contributed by atoms with Crippen molar-refractivity contribution in [1.29, 1.82) is 0 Å². The van der Waals surface area contributed by atoms with Crippen LogP contribution in [0.2, 0.25) is 0 Å². The second-order valence-corrected chi connectivity index (χ2v) is 7.57. The molecular weight excluding hydrogens is 338 g/mol. The number of hydrogen-bond donors (Lipinski definition) is 0. The number of rotatable bonds is 5. The Labute approximate surface area is 161 Å². The molecule has 2 aromatic rings. The molecule has 0 saturated carbocycles. The van der Waals surface area contributed by atoms with Crippen molar-refractivity contribution in [3.63, 3.8) is 0 Å². The van der Waals surface area contributed by atoms with Gasteiger partial charge in [-0.1, -0.05) is 25.5 Å². The van der Waals surface area contributed by atoms with Crippen LogP contribution in [0.4, 0.5) is 0 Å². The van der Waals surface area contributed by atoms with Gasteiger partial charge in [-0.3, -0.25) is 9.69 Å². The van der Waals surface area contributed by atoms with Gasteiger partial charge in [0.25, 0.3) is 0 Å². The van der Waals surface area contributed by atoms with E-state index in [2.05, 4.69) is 37.1 Å². The maximum atomic E-state index is 12.3. The SMILES string of the molecule is CCCCC(=O)Oc1cccc2c1-c1cc(OC)cc3c1[C@@H](C2)N(C)CC3. The second-order valence-electron chi connectivity index (χ2n) is 7.57. The van der Waals surface area contributed by atoms with E-state index < -0.39 is 0 Å². The van der Waals surface area contributed by atoms with Crippen molar-refractivity contribution in [3.8, 4) is 22.6 Å². The molecule has 0 bridgehead atoms. The molecule has 0 saturated heterocycles. The number of carbonyl (C=O) groups is 1. The first-order valence-electron chi connectivity index (χ1n) is 9.86. The van der Waals surface area contributed by atoms with Gasteiger partial charge >= 0.3 is 5.97 Å². The number of nitrogens with zero attached hydrogens (tertiary/aromatic N) is 1. The molecule has 2 aromatic carbocycles. The Hall–Kier alpha value is -2.33. The Bertz CT molecular complexity index is 874. The summed E-state index contributed by atoms with van der Waals surface area (Å²) in [5.41, 5.74) is 6.17. The smallest absolute Gasteiger partial charge is 0.311 e. The van der Waals surface area contributed by atoms with E-state index >= 15 is 0 Å². The summed E-state index contributed by atoms with van der Waals surface area (Å²) >= 11 is 0. The Kier molecular flexibility index (Phi) is 4.92. The minimum absolute atomic E-state index is 0.152. The minimum Gasteiger partial charge on any atom is -0.497 e. The molecule has 1 heterocycles. The summed E-state index contributed by atoms with van der Waals surface area (Å²) in [5.74, 6) is 1.39. The first kappa shape index (κ1) is 18.1. The molecular formula is C23H27NO3. The third-order valence-electron chi connectivity index (χ3n) is 5.83. The lowest BCUT2D eigenvalue weighted by molar-refractivity contribution is -0.134. The molecule has 4 heteroatoms. The summed E-state index contributed by atoms with van der Waals surface area (Å²) < 4.78 is 11.4. The third-order valence-corrected chi connectivity index (χ3v) is 5.83. The van der Waals surface area contributed by atoms with Gasteiger partial charge in [0.1, 0.15) is 11.5 Å². The van der Waals surface area contributed by atoms with Crippen LogP contribution in [0.5, 0.6) is 11.5 Å². The molecule has 142 valence electrons. The van der Waals surface area contributed by atoms with Gasteiger partial charge in [-0.05, 0) is 66.8 Å². The van der Waals surface area contributed by atoms with Crippen molar-refractivity contribution in [1.82, 2.24) is 4.90 Å². The molecule has 2 aliphatic rings. The van der Waals surface area contributed by atoms with Crippen molar-refractivity contribution >= 4 is 5.97 Å². The van der Waals surface area contributed by atoms with Crippen LogP contribution in [0.15, 0.2) is 30.3 Å². The normalized spacial score (nSPS) is 17.8. The van der Waals surface area contributed by atoms with Crippen LogP contribution in [0.25, 0.3) is 11.1 Å². The zero-order chi connectivity index (χ0) is 19.0. The fraction of sp³-hybridized carbons (Fsp3) is 0.435. The highest BCUT2D eigenvalue weighted by Gasteiger charge is 2.34. The number of likely N-dealkylation sites (N-methyl/N-ethyl adjacent to an activating group) is 1. The van der Waals surface area contributed by atoms with Gasteiger partial charge in [0.05, 0.1) is 7.11 Å². The molecule has 0 radical (unpaired) electrons. The fourth-order valence-electron chi connectivity index (χ4n) is 4.38. The van der Waals surface area contributed by atoms with Gasteiger partial charge in [-0.15, -0.1) is 0 Å². The Balaban J connectivity index is 1.83. The standard InChI is InChI=1S/C23H27NO3/c1-4-5-9-21(25)27-20-8-6-7-15-13-19-22-16(10-11-24(19)2)12-17(26-3)14-18(22)23(15)20/h6-8,12,14,19H,4-5,9-11,13H2,1-3H3/t19-/m1/s1. The van der Waals surface area contributed by atoms with Gasteiger partial charge < -0.3 is 9.47 Å². The van der Waals surface area contributed by atoms with E-state index in [1.54, 1.807) is 7.11 Å². The molecule has 0 N–H and O–H groups in total. The lowest BCUT2D eigenvalue weighted by atomic mass is 9.77. The van der Waals surface area contributed by atoms with Crippen molar-refractivity contribution in [2.24, 2.45) is 0 Å². The first-order chi connectivity index (χ1) is 13.1. The molecule has 0 amide bonds. The highest BCUT2D eigenvalue weighted by molar-refractivity contribution is 5.84. The van der Waals surface area contributed by atoms with Crippen molar-refractivity contribution in [2.45, 2.75) is 45.1 Å². The zero-order valence-electron chi connectivity index (χ0n) is 16.4. The monoisotopic (exact) mass is 365 g/mol. The number of methoxy groups -OCH3 is 1. The number of fused-ring (bicyclic) bond motifs is 2. The molecule has 0 fully saturated rings. The topological polar surface area (TPSA) is 38.8 Å². The lowest BCUT2D eigenvalue weighted by Crippen LogP contribution is -2.35. The lowest BCUT2D eigenvalue weighted by Gasteiger charge is -2.40. The Morgan fingerprint density at radius 3 is 2.89 bits per heavy atom. The van der Waals surface area contributed by atoms with E-state index in [0.717, 1.165) is 49.1 Å². The van der Waals surface area contributed by atoms with Crippen LogP contribution >= 0.6 is 0 Å². The number of unbranched alkanes of at least 4 members (excludes halogenated alkanes) is 1. The van der Waals surface area contributed by atoms with E-state index in [1.165, 1.54) is 16.7 Å².